The first kappa shape index (κ1) is 16.5. The third-order valence-corrected chi connectivity index (χ3v) is 4.61. The lowest BCUT2D eigenvalue weighted by molar-refractivity contribution is 0.0940. The molecule has 0 saturated carbocycles. The highest BCUT2D eigenvalue weighted by atomic mass is 35.5. The molecule has 6 heteroatoms. The Hall–Kier alpha value is -1.85. The van der Waals surface area contributed by atoms with Crippen LogP contribution in [-0.4, -0.2) is 20.6 Å². The van der Waals surface area contributed by atoms with Crippen molar-refractivity contribution in [2.75, 3.05) is 6.26 Å². The number of hydrogen-bond donors (Lipinski definition) is 1. The second-order valence-electron chi connectivity index (χ2n) is 5.05. The van der Waals surface area contributed by atoms with Crippen LogP contribution in [0.25, 0.3) is 0 Å². The molecule has 0 saturated heterocycles. The Balaban J connectivity index is 2.12. The van der Waals surface area contributed by atoms with Crippen LogP contribution in [0.5, 0.6) is 0 Å². The molecule has 1 unspecified atom stereocenters. The van der Waals surface area contributed by atoms with Gasteiger partial charge >= 0.3 is 0 Å². The predicted octanol–water partition coefficient (Wildman–Crippen LogP) is 3.23. The third kappa shape index (κ3) is 4.08. The largest absolute Gasteiger partial charge is 0.346 e. The second kappa shape index (κ2) is 6.50. The minimum absolute atomic E-state index is 0.234. The van der Waals surface area contributed by atoms with Gasteiger partial charge in [-0.05, 0) is 42.8 Å². The normalized spacial score (nSPS) is 12.7. The number of hydrogen-bond acceptors (Lipinski definition) is 3. The van der Waals surface area contributed by atoms with Crippen molar-refractivity contribution in [1.82, 2.24) is 5.32 Å². The summed E-state index contributed by atoms with van der Waals surface area (Å²) < 4.78 is 22.9. The van der Waals surface area contributed by atoms with Crippen molar-refractivity contribution in [2.24, 2.45) is 0 Å². The van der Waals surface area contributed by atoms with Crippen LogP contribution in [0.4, 0.5) is 0 Å². The summed E-state index contributed by atoms with van der Waals surface area (Å²) in [6.45, 7) is 1.83. The zero-order valence-corrected chi connectivity index (χ0v) is 13.8. The lowest BCUT2D eigenvalue weighted by Crippen LogP contribution is -2.26. The number of nitrogens with one attached hydrogen (secondary N) is 1. The molecule has 2 aromatic rings. The van der Waals surface area contributed by atoms with Crippen LogP contribution in [0.2, 0.25) is 5.02 Å². The quantitative estimate of drug-likeness (QED) is 0.931. The molecule has 0 bridgehead atoms. The van der Waals surface area contributed by atoms with Crippen LogP contribution in [0.3, 0.4) is 0 Å². The van der Waals surface area contributed by atoms with Gasteiger partial charge in [0, 0.05) is 16.8 Å². The van der Waals surface area contributed by atoms with E-state index in [1.165, 1.54) is 12.1 Å². The zero-order valence-electron chi connectivity index (χ0n) is 12.2. The Bertz CT molecular complexity index is 785. The van der Waals surface area contributed by atoms with Crippen molar-refractivity contribution < 1.29 is 13.2 Å². The van der Waals surface area contributed by atoms with Crippen molar-refractivity contribution in [3.05, 3.63) is 64.7 Å². The summed E-state index contributed by atoms with van der Waals surface area (Å²) in [4.78, 5) is 12.4. The van der Waals surface area contributed by atoms with Crippen molar-refractivity contribution in [1.29, 1.82) is 0 Å². The summed E-state index contributed by atoms with van der Waals surface area (Å²) in [6, 6.07) is 12.9. The van der Waals surface area contributed by atoms with Crippen molar-refractivity contribution >= 4 is 27.3 Å². The number of rotatable bonds is 4. The van der Waals surface area contributed by atoms with Crippen LogP contribution in [0.15, 0.2) is 53.4 Å². The first-order chi connectivity index (χ1) is 10.3. The molecule has 0 aliphatic rings. The summed E-state index contributed by atoms with van der Waals surface area (Å²) in [6.07, 6.45) is 1.16. The van der Waals surface area contributed by atoms with E-state index in [0.717, 1.165) is 11.8 Å². The molecule has 2 aromatic carbocycles. The smallest absolute Gasteiger partial charge is 0.251 e. The highest BCUT2D eigenvalue weighted by Gasteiger charge is 2.13. The maximum atomic E-state index is 12.1. The van der Waals surface area contributed by atoms with Gasteiger partial charge in [0.1, 0.15) is 0 Å². The maximum Gasteiger partial charge on any atom is 0.251 e. The summed E-state index contributed by atoms with van der Waals surface area (Å²) in [5, 5.41) is 3.35. The fraction of sp³-hybridized carbons (Fsp3) is 0.188. The number of amides is 1. The first-order valence-corrected chi connectivity index (χ1v) is 8.91. The van der Waals surface area contributed by atoms with Gasteiger partial charge in [-0.25, -0.2) is 8.42 Å². The zero-order chi connectivity index (χ0) is 16.3. The molecule has 2 rings (SSSR count). The average Bonchev–Trinajstić information content (AvgIpc) is 2.46. The Morgan fingerprint density at radius 3 is 2.32 bits per heavy atom. The van der Waals surface area contributed by atoms with Crippen LogP contribution in [-0.2, 0) is 9.84 Å². The third-order valence-electron chi connectivity index (χ3n) is 3.24. The van der Waals surface area contributed by atoms with Gasteiger partial charge in [-0.3, -0.25) is 4.79 Å². The average molecular weight is 338 g/mol. The Kier molecular flexibility index (Phi) is 4.88. The van der Waals surface area contributed by atoms with E-state index in [0.29, 0.717) is 10.6 Å². The molecule has 0 aromatic heterocycles. The van der Waals surface area contributed by atoms with E-state index in [2.05, 4.69) is 5.32 Å². The molecular weight excluding hydrogens is 322 g/mol. The molecule has 116 valence electrons. The lowest BCUT2D eigenvalue weighted by Gasteiger charge is -2.15. The van der Waals surface area contributed by atoms with Gasteiger partial charge in [0.15, 0.2) is 9.84 Å². The van der Waals surface area contributed by atoms with Crippen molar-refractivity contribution in [2.45, 2.75) is 17.9 Å². The van der Waals surface area contributed by atoms with E-state index in [4.69, 9.17) is 11.6 Å². The van der Waals surface area contributed by atoms with E-state index in [1.54, 1.807) is 36.4 Å². The van der Waals surface area contributed by atoms with Crippen LogP contribution in [0.1, 0.15) is 28.9 Å². The number of halogens is 1. The highest BCUT2D eigenvalue weighted by Crippen LogP contribution is 2.17. The number of carbonyl (C=O) groups excluding carboxylic acids is 1. The summed E-state index contributed by atoms with van der Waals surface area (Å²) in [5.41, 5.74) is 1.30. The fourth-order valence-electron chi connectivity index (χ4n) is 2.00. The molecule has 0 aliphatic heterocycles. The molecule has 1 amide bonds. The summed E-state index contributed by atoms with van der Waals surface area (Å²) >= 11 is 5.87. The molecular formula is C16H16ClNO3S. The summed E-state index contributed by atoms with van der Waals surface area (Å²) in [7, 11) is -3.22. The molecule has 0 aliphatic carbocycles. The number of benzene rings is 2. The number of carbonyl (C=O) groups is 1. The van der Waals surface area contributed by atoms with Gasteiger partial charge in [-0.2, -0.15) is 0 Å². The molecule has 0 fully saturated rings. The Labute approximate surface area is 135 Å². The van der Waals surface area contributed by atoms with Gasteiger partial charge in [0.2, 0.25) is 0 Å². The lowest BCUT2D eigenvalue weighted by atomic mass is 10.1. The minimum atomic E-state index is -3.22. The van der Waals surface area contributed by atoms with Crippen LogP contribution < -0.4 is 5.32 Å². The second-order valence-corrected chi connectivity index (χ2v) is 7.50. The molecule has 0 radical (unpaired) electrons. The van der Waals surface area contributed by atoms with E-state index in [1.807, 2.05) is 6.92 Å². The Morgan fingerprint density at radius 1 is 1.14 bits per heavy atom. The van der Waals surface area contributed by atoms with Crippen molar-refractivity contribution in [3.63, 3.8) is 0 Å². The van der Waals surface area contributed by atoms with Gasteiger partial charge < -0.3 is 5.32 Å². The van der Waals surface area contributed by atoms with E-state index >= 15 is 0 Å². The van der Waals surface area contributed by atoms with E-state index < -0.39 is 9.84 Å². The van der Waals surface area contributed by atoms with E-state index in [-0.39, 0.29) is 16.8 Å². The highest BCUT2D eigenvalue weighted by molar-refractivity contribution is 7.90. The molecule has 22 heavy (non-hydrogen) atoms. The first-order valence-electron chi connectivity index (χ1n) is 6.64. The maximum absolute atomic E-state index is 12.1. The SMILES string of the molecule is CC(NC(=O)c1cccc(Cl)c1)c1ccc(S(C)(=O)=O)cc1. The van der Waals surface area contributed by atoms with Gasteiger partial charge in [0.25, 0.3) is 5.91 Å². The summed E-state index contributed by atoms with van der Waals surface area (Å²) in [5.74, 6) is -0.234. The topological polar surface area (TPSA) is 63.2 Å². The minimum Gasteiger partial charge on any atom is -0.346 e. The van der Waals surface area contributed by atoms with Crippen LogP contribution >= 0.6 is 11.6 Å². The standard InChI is InChI=1S/C16H16ClNO3S/c1-11(12-6-8-15(9-7-12)22(2,20)21)18-16(19)13-4-3-5-14(17)10-13/h3-11H,1-2H3,(H,18,19). The fourth-order valence-corrected chi connectivity index (χ4v) is 2.82. The molecule has 1 atom stereocenters. The molecule has 1 N–H and O–H groups in total. The van der Waals surface area contributed by atoms with Crippen molar-refractivity contribution in [3.8, 4) is 0 Å². The van der Waals surface area contributed by atoms with Gasteiger partial charge in [-0.1, -0.05) is 29.8 Å². The molecule has 0 heterocycles. The molecule has 4 nitrogen and oxygen atoms in total. The molecule has 0 spiro atoms. The van der Waals surface area contributed by atoms with Crippen LogP contribution in [0, 0.1) is 0 Å². The van der Waals surface area contributed by atoms with Gasteiger partial charge in [-0.15, -0.1) is 0 Å². The monoisotopic (exact) mass is 337 g/mol. The predicted molar refractivity (Wildman–Crippen MR) is 86.9 cm³/mol. The van der Waals surface area contributed by atoms with Gasteiger partial charge in [0.05, 0.1) is 10.9 Å². The number of sulfone groups is 1. The Morgan fingerprint density at radius 2 is 1.77 bits per heavy atom. The van der Waals surface area contributed by atoms with E-state index in [9.17, 15) is 13.2 Å².